The Hall–Kier alpha value is -0.0831. The first-order chi connectivity index (χ1) is 8.12. The molecule has 0 aromatic heterocycles. The Morgan fingerprint density at radius 3 is 2.47 bits per heavy atom. The van der Waals surface area contributed by atoms with E-state index >= 15 is 0 Å². The molecule has 0 saturated heterocycles. The van der Waals surface area contributed by atoms with Gasteiger partial charge in [0.2, 0.25) is 0 Å². The maximum absolute atomic E-state index is 6.91. The van der Waals surface area contributed by atoms with Crippen molar-refractivity contribution in [3.63, 3.8) is 0 Å². The van der Waals surface area contributed by atoms with Gasteiger partial charge in [0, 0.05) is 0 Å². The second-order valence-electron chi connectivity index (χ2n) is 5.97. The van der Waals surface area contributed by atoms with Gasteiger partial charge in [-0.05, 0) is 61.7 Å². The van der Waals surface area contributed by atoms with Crippen LogP contribution in [0, 0.1) is 5.92 Å². The molecule has 98 valence electrons. The minimum absolute atomic E-state index is 0.119. The van der Waals surface area contributed by atoms with E-state index in [-0.39, 0.29) is 5.60 Å². The lowest BCUT2D eigenvalue weighted by atomic mass is 9.92. The minimum atomic E-state index is -1.48. The highest BCUT2D eigenvalue weighted by Gasteiger charge is 2.52. The van der Waals surface area contributed by atoms with Crippen LogP contribution in [0.4, 0.5) is 0 Å². The van der Waals surface area contributed by atoms with Gasteiger partial charge in [0.25, 0.3) is 0 Å². The van der Waals surface area contributed by atoms with Crippen LogP contribution in [0.5, 0.6) is 0 Å². The van der Waals surface area contributed by atoms with Gasteiger partial charge in [0.05, 0.1) is 5.60 Å². The Morgan fingerprint density at radius 1 is 1.24 bits per heavy atom. The molecule has 2 atom stereocenters. The maximum atomic E-state index is 6.91. The third-order valence-corrected chi connectivity index (χ3v) is 10.1. The van der Waals surface area contributed by atoms with Crippen LogP contribution in [-0.4, -0.2) is 13.9 Å². The lowest BCUT2D eigenvalue weighted by molar-refractivity contribution is 0.0731. The van der Waals surface area contributed by atoms with Crippen molar-refractivity contribution < 1.29 is 4.43 Å². The zero-order valence-corrected chi connectivity index (χ0v) is 12.8. The summed E-state index contributed by atoms with van der Waals surface area (Å²) in [7, 11) is -1.48. The third kappa shape index (κ3) is 2.04. The minimum Gasteiger partial charge on any atom is -0.407 e. The SMILES string of the molecule is C=C1CC[C@@H]2CCC[C@]12O[Si](CC)(CC)CC. The predicted octanol–water partition coefficient (Wildman–Crippen LogP) is 4.90. The van der Waals surface area contributed by atoms with E-state index < -0.39 is 8.32 Å². The van der Waals surface area contributed by atoms with Gasteiger partial charge in [-0.25, -0.2) is 0 Å². The van der Waals surface area contributed by atoms with E-state index in [1.54, 1.807) is 0 Å². The van der Waals surface area contributed by atoms with Crippen molar-refractivity contribution in [2.45, 2.75) is 76.6 Å². The third-order valence-electron chi connectivity index (χ3n) is 5.48. The molecule has 0 aliphatic heterocycles. The molecule has 1 nitrogen and oxygen atoms in total. The summed E-state index contributed by atoms with van der Waals surface area (Å²) in [6.45, 7) is 11.3. The lowest BCUT2D eigenvalue weighted by Crippen LogP contribution is -2.48. The average Bonchev–Trinajstić information content (AvgIpc) is 2.88. The van der Waals surface area contributed by atoms with Gasteiger partial charge in [-0.1, -0.05) is 27.4 Å². The largest absolute Gasteiger partial charge is 0.407 e. The van der Waals surface area contributed by atoms with E-state index in [1.807, 2.05) is 0 Å². The van der Waals surface area contributed by atoms with Gasteiger partial charge < -0.3 is 4.43 Å². The topological polar surface area (TPSA) is 9.23 Å². The van der Waals surface area contributed by atoms with E-state index in [4.69, 9.17) is 4.43 Å². The molecule has 0 radical (unpaired) electrons. The quantitative estimate of drug-likeness (QED) is 0.499. The Kier molecular flexibility index (Phi) is 3.84. The molecular weight excluding hydrogens is 224 g/mol. The Morgan fingerprint density at radius 2 is 1.88 bits per heavy atom. The summed E-state index contributed by atoms with van der Waals surface area (Å²) in [5, 5.41) is 0. The first-order valence-electron chi connectivity index (χ1n) is 7.51. The number of hydrogen-bond donors (Lipinski definition) is 0. The molecule has 0 aromatic rings. The zero-order chi connectivity index (χ0) is 12.5. The van der Waals surface area contributed by atoms with E-state index in [2.05, 4.69) is 27.4 Å². The summed E-state index contributed by atoms with van der Waals surface area (Å²) in [6, 6.07) is 3.80. The highest BCUT2D eigenvalue weighted by atomic mass is 28.4. The van der Waals surface area contributed by atoms with Gasteiger partial charge in [0.15, 0.2) is 8.32 Å². The fourth-order valence-corrected chi connectivity index (χ4v) is 7.13. The van der Waals surface area contributed by atoms with E-state index in [0.29, 0.717) is 0 Å². The van der Waals surface area contributed by atoms with Crippen molar-refractivity contribution in [3.05, 3.63) is 12.2 Å². The second-order valence-corrected chi connectivity index (χ2v) is 10.7. The van der Waals surface area contributed by atoms with E-state index in [9.17, 15) is 0 Å². The van der Waals surface area contributed by atoms with Crippen molar-refractivity contribution in [1.82, 2.24) is 0 Å². The first kappa shape index (κ1) is 13.4. The van der Waals surface area contributed by atoms with Gasteiger partial charge in [-0.3, -0.25) is 0 Å². The highest BCUT2D eigenvalue weighted by molar-refractivity contribution is 6.73. The fourth-order valence-electron chi connectivity index (χ4n) is 4.01. The molecule has 2 aliphatic carbocycles. The van der Waals surface area contributed by atoms with Gasteiger partial charge in [-0.15, -0.1) is 0 Å². The van der Waals surface area contributed by atoms with Crippen LogP contribution in [0.2, 0.25) is 18.1 Å². The van der Waals surface area contributed by atoms with Crippen LogP contribution in [0.3, 0.4) is 0 Å². The summed E-state index contributed by atoms with van der Waals surface area (Å²) in [4.78, 5) is 0. The number of fused-ring (bicyclic) bond motifs is 1. The van der Waals surface area contributed by atoms with Crippen LogP contribution in [0.15, 0.2) is 12.2 Å². The zero-order valence-electron chi connectivity index (χ0n) is 11.8. The van der Waals surface area contributed by atoms with Crippen LogP contribution < -0.4 is 0 Å². The number of hydrogen-bond acceptors (Lipinski definition) is 1. The molecule has 0 N–H and O–H groups in total. The normalized spacial score (nSPS) is 33.1. The highest BCUT2D eigenvalue weighted by Crippen LogP contribution is 2.54. The molecule has 2 rings (SSSR count). The number of rotatable bonds is 5. The van der Waals surface area contributed by atoms with Gasteiger partial charge >= 0.3 is 0 Å². The lowest BCUT2D eigenvalue weighted by Gasteiger charge is -2.41. The Bertz CT molecular complexity index is 287. The Balaban J connectivity index is 2.23. The predicted molar refractivity (Wildman–Crippen MR) is 76.7 cm³/mol. The van der Waals surface area contributed by atoms with E-state index in [0.717, 1.165) is 5.92 Å². The standard InChI is InChI=1S/C15H28OSi/c1-5-17(6-2,7-3)16-15-12-8-9-14(15)11-10-13(15)4/h14H,4-12H2,1-3H3/t14-,15-/m0/s1. The first-order valence-corrected chi connectivity index (χ1v) is 10.0. The summed E-state index contributed by atoms with van der Waals surface area (Å²) < 4.78 is 6.91. The molecule has 0 heterocycles. The smallest absolute Gasteiger partial charge is 0.193 e. The van der Waals surface area contributed by atoms with Crippen molar-refractivity contribution in [1.29, 1.82) is 0 Å². The molecule has 0 unspecified atom stereocenters. The Labute approximate surface area is 108 Å². The molecule has 17 heavy (non-hydrogen) atoms. The molecule has 2 saturated carbocycles. The fraction of sp³-hybridized carbons (Fsp3) is 0.867. The molecule has 2 fully saturated rings. The summed E-state index contributed by atoms with van der Waals surface area (Å²) >= 11 is 0. The van der Waals surface area contributed by atoms with Crippen LogP contribution in [0.25, 0.3) is 0 Å². The molecule has 0 spiro atoms. The van der Waals surface area contributed by atoms with Crippen molar-refractivity contribution in [2.24, 2.45) is 5.92 Å². The summed E-state index contributed by atoms with van der Waals surface area (Å²) in [5.74, 6) is 0.798. The van der Waals surface area contributed by atoms with Gasteiger partial charge in [0.1, 0.15) is 0 Å². The summed E-state index contributed by atoms with van der Waals surface area (Å²) in [5.41, 5.74) is 1.54. The molecule has 0 amide bonds. The van der Waals surface area contributed by atoms with Crippen molar-refractivity contribution in [3.8, 4) is 0 Å². The summed E-state index contributed by atoms with van der Waals surface area (Å²) in [6.07, 6.45) is 6.53. The molecule has 2 heteroatoms. The maximum Gasteiger partial charge on any atom is 0.193 e. The van der Waals surface area contributed by atoms with Crippen LogP contribution in [-0.2, 0) is 4.43 Å². The van der Waals surface area contributed by atoms with Crippen molar-refractivity contribution >= 4 is 8.32 Å². The van der Waals surface area contributed by atoms with Gasteiger partial charge in [-0.2, -0.15) is 0 Å². The van der Waals surface area contributed by atoms with E-state index in [1.165, 1.54) is 55.8 Å². The second kappa shape index (κ2) is 4.89. The molecule has 2 aliphatic rings. The average molecular weight is 252 g/mol. The van der Waals surface area contributed by atoms with Crippen molar-refractivity contribution in [2.75, 3.05) is 0 Å². The van der Waals surface area contributed by atoms with Crippen LogP contribution >= 0.6 is 0 Å². The molecule has 0 bridgehead atoms. The monoisotopic (exact) mass is 252 g/mol. The molecule has 0 aromatic carbocycles. The molecular formula is C15H28OSi. The van der Waals surface area contributed by atoms with Crippen LogP contribution in [0.1, 0.15) is 52.9 Å².